The molecule has 0 aromatic heterocycles. The third-order valence-electron chi connectivity index (χ3n) is 3.29. The topological polar surface area (TPSA) is 96.3 Å². The standard InChI is InChI=1S/C14H22NO6P/c1-4-14(2,3)13(16)15(20-11-21-22(17,18)19)10-12-8-6-5-7-9-12/h5-9H,4,10-11H2,1-3H3,(H2,17,18,19). The number of hydrogen-bond donors (Lipinski definition) is 2. The lowest BCUT2D eigenvalue weighted by Crippen LogP contribution is -2.40. The van der Waals surface area contributed by atoms with Gasteiger partial charge in [-0.3, -0.25) is 9.32 Å². The van der Waals surface area contributed by atoms with Crippen LogP contribution in [0.2, 0.25) is 0 Å². The first kappa shape index (κ1) is 18.8. The van der Waals surface area contributed by atoms with E-state index in [0.717, 1.165) is 10.6 Å². The Morgan fingerprint density at radius 2 is 1.86 bits per heavy atom. The summed E-state index contributed by atoms with van der Waals surface area (Å²) in [4.78, 5) is 35.0. The van der Waals surface area contributed by atoms with E-state index >= 15 is 0 Å². The number of hydrogen-bond acceptors (Lipinski definition) is 4. The van der Waals surface area contributed by atoms with E-state index in [1.165, 1.54) is 0 Å². The summed E-state index contributed by atoms with van der Waals surface area (Å²) in [5.74, 6) is -0.284. The molecule has 1 amide bonds. The fraction of sp³-hybridized carbons (Fsp3) is 0.500. The summed E-state index contributed by atoms with van der Waals surface area (Å²) in [6.45, 7) is 4.89. The molecule has 0 radical (unpaired) electrons. The van der Waals surface area contributed by atoms with Crippen molar-refractivity contribution in [2.75, 3.05) is 6.79 Å². The number of carbonyl (C=O) groups is 1. The largest absolute Gasteiger partial charge is 0.471 e. The number of benzene rings is 1. The predicted octanol–water partition coefficient (Wildman–Crippen LogP) is 2.45. The minimum Gasteiger partial charge on any atom is -0.303 e. The second kappa shape index (κ2) is 7.85. The number of carbonyl (C=O) groups excluding carboxylic acids is 1. The van der Waals surface area contributed by atoms with Crippen LogP contribution in [0.15, 0.2) is 30.3 Å². The molecule has 1 aromatic carbocycles. The van der Waals surface area contributed by atoms with Gasteiger partial charge in [-0.05, 0) is 12.0 Å². The average molecular weight is 331 g/mol. The SMILES string of the molecule is CCC(C)(C)C(=O)N(Cc1ccccc1)OCOP(=O)(O)O. The van der Waals surface area contributed by atoms with Crippen LogP contribution in [-0.2, 0) is 25.3 Å². The number of phosphoric acid groups is 1. The average Bonchev–Trinajstić information content (AvgIpc) is 2.45. The summed E-state index contributed by atoms with van der Waals surface area (Å²) in [6.07, 6.45) is 0.597. The van der Waals surface area contributed by atoms with Crippen molar-refractivity contribution in [1.29, 1.82) is 0 Å². The Morgan fingerprint density at radius 1 is 1.27 bits per heavy atom. The summed E-state index contributed by atoms with van der Waals surface area (Å²) in [6, 6.07) is 9.16. The van der Waals surface area contributed by atoms with Gasteiger partial charge in [0, 0.05) is 5.41 Å². The third-order valence-corrected chi connectivity index (χ3v) is 3.73. The van der Waals surface area contributed by atoms with Gasteiger partial charge in [-0.2, -0.15) is 0 Å². The molecular weight excluding hydrogens is 309 g/mol. The highest BCUT2D eigenvalue weighted by Crippen LogP contribution is 2.35. The summed E-state index contributed by atoms with van der Waals surface area (Å²) in [7, 11) is -4.65. The molecule has 22 heavy (non-hydrogen) atoms. The Morgan fingerprint density at radius 3 is 2.36 bits per heavy atom. The zero-order chi connectivity index (χ0) is 16.8. The molecule has 1 aromatic rings. The highest BCUT2D eigenvalue weighted by molar-refractivity contribution is 7.46. The molecule has 0 aliphatic heterocycles. The molecule has 0 spiro atoms. The third kappa shape index (κ3) is 6.25. The first-order valence-electron chi connectivity index (χ1n) is 6.84. The first-order chi connectivity index (χ1) is 10.2. The number of amides is 1. The van der Waals surface area contributed by atoms with Crippen LogP contribution in [0.25, 0.3) is 0 Å². The van der Waals surface area contributed by atoms with E-state index in [2.05, 4.69) is 4.52 Å². The number of hydroxylamine groups is 2. The van der Waals surface area contributed by atoms with Crippen molar-refractivity contribution in [2.24, 2.45) is 5.41 Å². The van der Waals surface area contributed by atoms with Gasteiger partial charge in [0.2, 0.25) is 0 Å². The Hall–Kier alpha value is -1.24. The van der Waals surface area contributed by atoms with Crippen molar-refractivity contribution in [1.82, 2.24) is 5.06 Å². The smallest absolute Gasteiger partial charge is 0.303 e. The molecule has 0 saturated heterocycles. The monoisotopic (exact) mass is 331 g/mol. The molecule has 1 rings (SSSR count). The lowest BCUT2D eigenvalue weighted by Gasteiger charge is -2.30. The number of phosphoric ester groups is 1. The minimum atomic E-state index is -4.65. The summed E-state index contributed by atoms with van der Waals surface area (Å²) in [5.41, 5.74) is 0.176. The van der Waals surface area contributed by atoms with Crippen molar-refractivity contribution in [3.8, 4) is 0 Å². The summed E-state index contributed by atoms with van der Waals surface area (Å²) in [5, 5.41) is 1.08. The molecule has 7 nitrogen and oxygen atoms in total. The zero-order valence-corrected chi connectivity index (χ0v) is 13.8. The van der Waals surface area contributed by atoms with Gasteiger partial charge in [0.25, 0.3) is 5.91 Å². The second-order valence-electron chi connectivity index (χ2n) is 5.43. The van der Waals surface area contributed by atoms with Gasteiger partial charge in [0.05, 0.1) is 6.54 Å². The molecule has 0 bridgehead atoms. The van der Waals surface area contributed by atoms with Crippen molar-refractivity contribution in [3.63, 3.8) is 0 Å². The van der Waals surface area contributed by atoms with Crippen LogP contribution >= 0.6 is 7.82 Å². The molecule has 0 aliphatic carbocycles. The van der Waals surface area contributed by atoms with E-state index in [4.69, 9.17) is 14.6 Å². The fourth-order valence-corrected chi connectivity index (χ4v) is 1.75. The van der Waals surface area contributed by atoms with Gasteiger partial charge in [0.15, 0.2) is 6.79 Å². The van der Waals surface area contributed by atoms with Crippen molar-refractivity contribution < 1.29 is 28.5 Å². The maximum atomic E-state index is 12.5. The maximum absolute atomic E-state index is 12.5. The minimum absolute atomic E-state index is 0.160. The lowest BCUT2D eigenvalue weighted by atomic mass is 9.89. The summed E-state index contributed by atoms with van der Waals surface area (Å²) < 4.78 is 14.9. The normalized spacial score (nSPS) is 12.2. The first-order valence-corrected chi connectivity index (χ1v) is 8.37. The summed E-state index contributed by atoms with van der Waals surface area (Å²) >= 11 is 0. The highest BCUT2D eigenvalue weighted by atomic mass is 31.2. The predicted molar refractivity (Wildman–Crippen MR) is 80.1 cm³/mol. The quantitative estimate of drug-likeness (QED) is 0.431. The fourth-order valence-electron chi connectivity index (χ4n) is 1.57. The number of nitrogens with zero attached hydrogens (tertiary/aromatic N) is 1. The molecule has 8 heteroatoms. The molecule has 0 atom stereocenters. The van der Waals surface area contributed by atoms with E-state index in [-0.39, 0.29) is 12.5 Å². The van der Waals surface area contributed by atoms with Crippen LogP contribution < -0.4 is 0 Å². The van der Waals surface area contributed by atoms with Gasteiger partial charge in [-0.15, -0.1) is 0 Å². The molecule has 124 valence electrons. The van der Waals surface area contributed by atoms with E-state index in [1.807, 2.05) is 37.3 Å². The van der Waals surface area contributed by atoms with Crippen LogP contribution in [0, 0.1) is 5.41 Å². The Balaban J connectivity index is 2.81. The van der Waals surface area contributed by atoms with Crippen LogP contribution in [-0.4, -0.2) is 27.6 Å². The molecule has 0 heterocycles. The lowest BCUT2D eigenvalue weighted by molar-refractivity contribution is -0.222. The van der Waals surface area contributed by atoms with Gasteiger partial charge >= 0.3 is 7.82 Å². The van der Waals surface area contributed by atoms with E-state index in [1.54, 1.807) is 13.8 Å². The molecule has 0 fully saturated rings. The van der Waals surface area contributed by atoms with Crippen molar-refractivity contribution in [3.05, 3.63) is 35.9 Å². The zero-order valence-electron chi connectivity index (χ0n) is 12.9. The van der Waals surface area contributed by atoms with Crippen LogP contribution in [0.1, 0.15) is 32.8 Å². The van der Waals surface area contributed by atoms with Crippen molar-refractivity contribution in [2.45, 2.75) is 33.7 Å². The Bertz CT molecular complexity index is 527. The molecule has 0 aliphatic rings. The van der Waals surface area contributed by atoms with Gasteiger partial charge in [-0.1, -0.05) is 51.1 Å². The van der Waals surface area contributed by atoms with E-state index in [0.29, 0.717) is 6.42 Å². The second-order valence-corrected chi connectivity index (χ2v) is 6.67. The van der Waals surface area contributed by atoms with Crippen LogP contribution in [0.4, 0.5) is 0 Å². The highest BCUT2D eigenvalue weighted by Gasteiger charge is 2.31. The Labute approximate surface area is 130 Å². The van der Waals surface area contributed by atoms with Gasteiger partial charge in [-0.25, -0.2) is 14.5 Å². The van der Waals surface area contributed by atoms with Gasteiger partial charge in [0.1, 0.15) is 0 Å². The van der Waals surface area contributed by atoms with E-state index in [9.17, 15) is 9.36 Å². The van der Waals surface area contributed by atoms with Gasteiger partial charge < -0.3 is 9.79 Å². The van der Waals surface area contributed by atoms with E-state index < -0.39 is 20.0 Å². The Kier molecular flexibility index (Phi) is 6.71. The van der Waals surface area contributed by atoms with Crippen LogP contribution in [0.5, 0.6) is 0 Å². The molecule has 0 saturated carbocycles. The molecular formula is C14H22NO6P. The maximum Gasteiger partial charge on any atom is 0.471 e. The van der Waals surface area contributed by atoms with Crippen LogP contribution in [0.3, 0.4) is 0 Å². The number of rotatable bonds is 8. The van der Waals surface area contributed by atoms with Crippen molar-refractivity contribution >= 4 is 13.7 Å². The molecule has 0 unspecified atom stereocenters. The molecule has 2 N–H and O–H groups in total.